The molecule has 0 bridgehead atoms. The molecular formula is C27H19ClFeN2O3+2. The van der Waals surface area contributed by atoms with Crippen molar-refractivity contribution in [2.75, 3.05) is 5.32 Å². The van der Waals surface area contributed by atoms with Crippen molar-refractivity contribution in [3.05, 3.63) is 140 Å². The van der Waals surface area contributed by atoms with Crippen molar-refractivity contribution in [2.24, 2.45) is 0 Å². The van der Waals surface area contributed by atoms with Crippen LogP contribution < -0.4 is 5.32 Å². The average Bonchev–Trinajstić information content (AvgIpc) is 3.60. The van der Waals surface area contributed by atoms with Crippen molar-refractivity contribution >= 4 is 35.0 Å². The summed E-state index contributed by atoms with van der Waals surface area (Å²) in [6, 6.07) is 13.1. The predicted octanol–water partition coefficient (Wildman–Crippen LogP) is 4.88. The van der Waals surface area contributed by atoms with Crippen LogP contribution >= 0.6 is 11.6 Å². The molecule has 168 valence electrons. The third-order valence-corrected chi connectivity index (χ3v) is 5.17. The maximum atomic E-state index is 13.0. The van der Waals surface area contributed by atoms with Crippen LogP contribution in [0, 0.1) is 63.7 Å². The number of rotatable bonds is 4. The number of amides is 3. The van der Waals surface area contributed by atoms with E-state index in [2.05, 4.69) is 5.32 Å². The maximum Gasteiger partial charge on any atom is 2.00 e. The molecule has 2 fully saturated rings. The molecule has 2 saturated carbocycles. The summed E-state index contributed by atoms with van der Waals surface area (Å²) in [6.07, 6.45) is 18.7. The van der Waals surface area contributed by atoms with Gasteiger partial charge in [0, 0.05) is 16.6 Å². The predicted molar refractivity (Wildman–Crippen MR) is 127 cm³/mol. The molecule has 0 saturated heterocycles. The molecule has 2 aromatic rings. The van der Waals surface area contributed by atoms with Crippen molar-refractivity contribution in [2.45, 2.75) is 0 Å². The van der Waals surface area contributed by atoms with Gasteiger partial charge >= 0.3 is 17.1 Å². The molecule has 10 radical (unpaired) electrons. The molecule has 0 atom stereocenters. The molecule has 5 nitrogen and oxygen atoms in total. The largest absolute Gasteiger partial charge is 2.00 e. The first kappa shape index (κ1) is 26.2. The first-order valence-corrected chi connectivity index (χ1v) is 10.6. The summed E-state index contributed by atoms with van der Waals surface area (Å²) in [4.78, 5) is 39.6. The van der Waals surface area contributed by atoms with Crippen LogP contribution in [-0.2, 0) is 21.9 Å². The molecule has 3 aliphatic rings. The molecule has 1 N–H and O–H groups in total. The molecule has 7 heteroatoms. The van der Waals surface area contributed by atoms with Gasteiger partial charge in [0.2, 0.25) is 0 Å². The fraction of sp³-hybridized carbons (Fsp3) is 0. The van der Waals surface area contributed by atoms with Gasteiger partial charge in [-0.3, -0.25) is 14.4 Å². The molecular weight excluding hydrogens is 492 g/mol. The van der Waals surface area contributed by atoms with E-state index in [1.807, 2.05) is 44.9 Å². The number of halogens is 1. The van der Waals surface area contributed by atoms with Crippen molar-refractivity contribution < 1.29 is 31.5 Å². The van der Waals surface area contributed by atoms with Gasteiger partial charge < -0.3 is 5.32 Å². The Kier molecular flexibility index (Phi) is 9.52. The Morgan fingerprint density at radius 1 is 0.765 bits per heavy atom. The minimum atomic E-state index is -0.571. The molecule has 3 amide bonds. The van der Waals surface area contributed by atoms with E-state index in [4.69, 9.17) is 11.6 Å². The number of hydrogen-bond donors (Lipinski definition) is 1. The second kappa shape index (κ2) is 12.3. The molecule has 2 aliphatic carbocycles. The minimum absolute atomic E-state index is 0. The van der Waals surface area contributed by atoms with E-state index in [0.717, 1.165) is 4.90 Å². The smallest absolute Gasteiger partial charge is 0.321 e. The van der Waals surface area contributed by atoms with Crippen LogP contribution in [0.5, 0.6) is 0 Å². The standard InChI is InChI=1S/C22H14ClN2O3.C5H5.Fe/c23-15-9-11-16(12-10-15)24-20(26)19(13-14-5-1-2-6-14)25-21(27)17-7-3-4-8-18(17)22(25)28;1-2-4-5-3-1;/h1-13H,(H,24,26);1-5H;/q;;+2/b19-13-;;. The summed E-state index contributed by atoms with van der Waals surface area (Å²) in [6.45, 7) is 0. The van der Waals surface area contributed by atoms with E-state index < -0.39 is 17.7 Å². The molecule has 1 heterocycles. The molecule has 34 heavy (non-hydrogen) atoms. The van der Waals surface area contributed by atoms with Crippen LogP contribution in [-0.4, -0.2) is 22.6 Å². The SMILES string of the molecule is O=C(Nc1ccc(Cl)cc1)/C(=C/[C]1[CH][CH][CH][CH]1)N1C(=O)c2ccccc2C1=O.[CH]1[CH][CH][CH][CH]1.[Fe+2]. The first-order valence-electron chi connectivity index (χ1n) is 10.2. The average molecular weight is 511 g/mol. The van der Waals surface area contributed by atoms with E-state index in [0.29, 0.717) is 16.6 Å². The zero-order chi connectivity index (χ0) is 23.2. The van der Waals surface area contributed by atoms with Gasteiger partial charge in [0.15, 0.2) is 0 Å². The Morgan fingerprint density at radius 3 is 1.76 bits per heavy atom. The van der Waals surface area contributed by atoms with Crippen molar-refractivity contribution in [1.29, 1.82) is 0 Å². The molecule has 5 rings (SSSR count). The van der Waals surface area contributed by atoms with Gasteiger partial charge in [0.25, 0.3) is 17.7 Å². The van der Waals surface area contributed by atoms with Crippen LogP contribution in [0.1, 0.15) is 20.7 Å². The quantitative estimate of drug-likeness (QED) is 0.362. The topological polar surface area (TPSA) is 66.5 Å². The van der Waals surface area contributed by atoms with Crippen molar-refractivity contribution in [1.82, 2.24) is 4.90 Å². The number of fused-ring (bicyclic) bond motifs is 1. The Labute approximate surface area is 216 Å². The number of nitrogens with zero attached hydrogens (tertiary/aromatic N) is 1. The minimum Gasteiger partial charge on any atom is -0.321 e. The molecule has 0 spiro atoms. The molecule has 1 aliphatic heterocycles. The number of allylic oxidation sites excluding steroid dienone is 1. The van der Waals surface area contributed by atoms with Crippen molar-refractivity contribution in [3.63, 3.8) is 0 Å². The van der Waals surface area contributed by atoms with Crippen LogP contribution in [0.4, 0.5) is 5.69 Å². The van der Waals surface area contributed by atoms with Gasteiger partial charge in [-0.2, -0.15) is 0 Å². The summed E-state index contributed by atoms with van der Waals surface area (Å²) in [7, 11) is 0. The summed E-state index contributed by atoms with van der Waals surface area (Å²) >= 11 is 5.88. The summed E-state index contributed by atoms with van der Waals surface area (Å²) in [5.74, 6) is -0.912. The Morgan fingerprint density at radius 2 is 1.26 bits per heavy atom. The van der Waals surface area contributed by atoms with E-state index >= 15 is 0 Å². The summed E-state index contributed by atoms with van der Waals surface area (Å²) in [5, 5.41) is 3.25. The number of benzene rings is 2. The Hall–Kier alpha value is -2.40. The first-order chi connectivity index (χ1) is 16.0. The molecule has 0 aromatic heterocycles. The number of anilines is 1. The van der Waals surface area contributed by atoms with E-state index in [1.165, 1.54) is 6.08 Å². The van der Waals surface area contributed by atoms with Crippen molar-refractivity contribution in [3.8, 4) is 0 Å². The van der Waals surface area contributed by atoms with Crippen LogP contribution in [0.3, 0.4) is 0 Å². The summed E-state index contributed by atoms with van der Waals surface area (Å²) < 4.78 is 0. The van der Waals surface area contributed by atoms with E-state index in [9.17, 15) is 14.4 Å². The van der Waals surface area contributed by atoms with Gasteiger partial charge in [-0.25, -0.2) is 4.90 Å². The number of hydrogen-bond acceptors (Lipinski definition) is 3. The number of nitrogens with one attached hydrogen (secondary N) is 1. The Balaban J connectivity index is 0.000000481. The van der Waals surface area contributed by atoms with E-state index in [1.54, 1.807) is 61.4 Å². The Bertz CT molecular complexity index is 1020. The molecule has 2 aromatic carbocycles. The zero-order valence-electron chi connectivity index (χ0n) is 17.8. The summed E-state index contributed by atoms with van der Waals surface area (Å²) in [5.41, 5.74) is 1.01. The third kappa shape index (κ3) is 6.18. The van der Waals surface area contributed by atoms with Gasteiger partial charge in [-0.15, -0.1) is 0 Å². The van der Waals surface area contributed by atoms with Gasteiger partial charge in [0.05, 0.1) is 11.1 Å². The molecule has 0 unspecified atom stereocenters. The van der Waals surface area contributed by atoms with Gasteiger partial charge in [-0.1, -0.05) is 23.7 Å². The second-order valence-corrected chi connectivity index (χ2v) is 7.60. The normalized spacial score (nSPS) is 17.7. The van der Waals surface area contributed by atoms with Crippen LogP contribution in [0.15, 0.2) is 60.3 Å². The second-order valence-electron chi connectivity index (χ2n) is 7.16. The van der Waals surface area contributed by atoms with Crippen LogP contribution in [0.25, 0.3) is 0 Å². The van der Waals surface area contributed by atoms with Gasteiger partial charge in [-0.05, 0) is 100 Å². The maximum absolute atomic E-state index is 13.0. The number of imide groups is 1. The van der Waals surface area contributed by atoms with Crippen LogP contribution in [0.2, 0.25) is 5.02 Å². The number of carbonyl (C=O) groups is 3. The van der Waals surface area contributed by atoms with Gasteiger partial charge in [0.1, 0.15) is 5.70 Å². The fourth-order valence-corrected chi connectivity index (χ4v) is 3.46. The third-order valence-electron chi connectivity index (χ3n) is 4.92. The monoisotopic (exact) mass is 510 g/mol. The zero-order valence-corrected chi connectivity index (χ0v) is 19.7. The fourth-order valence-electron chi connectivity index (χ4n) is 3.33. The van der Waals surface area contributed by atoms with E-state index in [-0.39, 0.29) is 33.9 Å². The number of carbonyl (C=O) groups excluding carboxylic acids is 3.